The number of rotatable bonds is 3. The second-order valence-corrected chi connectivity index (χ2v) is 8.54. The van der Waals surface area contributed by atoms with E-state index >= 15 is 0 Å². The van der Waals surface area contributed by atoms with Gasteiger partial charge in [-0.05, 0) is 55.9 Å². The monoisotopic (exact) mass is 367 g/mol. The third kappa shape index (κ3) is 3.33. The number of halogens is 1. The predicted molar refractivity (Wildman–Crippen MR) is 103 cm³/mol. The standard InChI is InChI=1S/C22H26FN3O/c23-18-6-9-21-17(10-18)5-7-19(24-21)13-25-11-15-4-8-20(25)14-26(12-15)22(27)16-2-1-3-16/h5-7,9-10,15-16,20H,1-4,8,11-14H2/t15-,20-/m0/s1. The largest absolute Gasteiger partial charge is 0.341 e. The molecule has 3 aliphatic heterocycles. The summed E-state index contributed by atoms with van der Waals surface area (Å²) in [6.07, 6.45) is 5.75. The van der Waals surface area contributed by atoms with Crippen LogP contribution in [0.15, 0.2) is 30.3 Å². The van der Waals surface area contributed by atoms with Crippen LogP contribution in [0, 0.1) is 17.7 Å². The fourth-order valence-corrected chi connectivity index (χ4v) is 4.90. The van der Waals surface area contributed by atoms with Crippen LogP contribution in [0.25, 0.3) is 10.9 Å². The molecule has 27 heavy (non-hydrogen) atoms. The highest BCUT2D eigenvalue weighted by Crippen LogP contribution is 2.33. The van der Waals surface area contributed by atoms with Gasteiger partial charge in [-0.25, -0.2) is 4.39 Å². The van der Waals surface area contributed by atoms with Crippen LogP contribution in [0.2, 0.25) is 0 Å². The number of hydrogen-bond acceptors (Lipinski definition) is 3. The number of nitrogens with zero attached hydrogens (tertiary/aromatic N) is 3. The predicted octanol–water partition coefficient (Wildman–Crippen LogP) is 3.60. The second kappa shape index (κ2) is 6.86. The molecule has 2 atom stereocenters. The summed E-state index contributed by atoms with van der Waals surface area (Å²) < 4.78 is 13.4. The quantitative estimate of drug-likeness (QED) is 0.832. The molecule has 1 aliphatic carbocycles. The van der Waals surface area contributed by atoms with Crippen molar-refractivity contribution in [3.8, 4) is 0 Å². The first-order valence-electron chi connectivity index (χ1n) is 10.2. The van der Waals surface area contributed by atoms with Gasteiger partial charge in [-0.3, -0.25) is 14.7 Å². The van der Waals surface area contributed by atoms with Crippen molar-refractivity contribution in [3.05, 3.63) is 41.8 Å². The maximum Gasteiger partial charge on any atom is 0.225 e. The minimum Gasteiger partial charge on any atom is -0.341 e. The van der Waals surface area contributed by atoms with Gasteiger partial charge in [0, 0.05) is 43.5 Å². The van der Waals surface area contributed by atoms with E-state index in [4.69, 9.17) is 4.98 Å². The molecule has 3 saturated heterocycles. The third-order valence-corrected chi connectivity index (χ3v) is 6.67. The SMILES string of the molecule is O=C(C1CCC1)N1C[C@H]2CC[C@@H](C1)N(Cc1ccc3cc(F)ccc3n1)C2. The summed E-state index contributed by atoms with van der Waals surface area (Å²) in [6, 6.07) is 9.15. The molecule has 1 amide bonds. The fraction of sp³-hybridized carbons (Fsp3) is 0.545. The van der Waals surface area contributed by atoms with Gasteiger partial charge in [0.15, 0.2) is 0 Å². The van der Waals surface area contributed by atoms with Gasteiger partial charge in [-0.1, -0.05) is 12.5 Å². The number of hydrogen-bond donors (Lipinski definition) is 0. The topological polar surface area (TPSA) is 36.4 Å². The fourth-order valence-electron chi connectivity index (χ4n) is 4.90. The molecule has 4 heterocycles. The number of piperidine rings is 1. The zero-order chi connectivity index (χ0) is 18.4. The summed E-state index contributed by atoms with van der Waals surface area (Å²) in [7, 11) is 0. The summed E-state index contributed by atoms with van der Waals surface area (Å²) in [5.41, 5.74) is 1.87. The van der Waals surface area contributed by atoms with Gasteiger partial charge in [0.1, 0.15) is 5.82 Å². The van der Waals surface area contributed by atoms with Crippen molar-refractivity contribution in [2.24, 2.45) is 11.8 Å². The molecule has 0 radical (unpaired) electrons. The number of fused-ring (bicyclic) bond motifs is 5. The molecule has 0 N–H and O–H groups in total. The van der Waals surface area contributed by atoms with Gasteiger partial charge in [0.05, 0.1) is 11.2 Å². The zero-order valence-electron chi connectivity index (χ0n) is 15.6. The Morgan fingerprint density at radius 3 is 2.78 bits per heavy atom. The van der Waals surface area contributed by atoms with Crippen LogP contribution in [0.1, 0.15) is 37.8 Å². The molecular weight excluding hydrogens is 341 g/mol. The van der Waals surface area contributed by atoms with E-state index in [1.165, 1.54) is 25.0 Å². The second-order valence-electron chi connectivity index (χ2n) is 8.54. The Morgan fingerprint density at radius 2 is 1.96 bits per heavy atom. The minimum absolute atomic E-state index is 0.224. The van der Waals surface area contributed by atoms with E-state index in [-0.39, 0.29) is 5.82 Å². The van der Waals surface area contributed by atoms with Crippen molar-refractivity contribution >= 4 is 16.8 Å². The summed E-state index contributed by atoms with van der Waals surface area (Å²) in [6.45, 7) is 3.64. The highest BCUT2D eigenvalue weighted by molar-refractivity contribution is 5.80. The summed E-state index contributed by atoms with van der Waals surface area (Å²) in [5, 5.41) is 0.841. The van der Waals surface area contributed by atoms with E-state index in [9.17, 15) is 9.18 Å². The van der Waals surface area contributed by atoms with Crippen molar-refractivity contribution in [1.29, 1.82) is 0 Å². The van der Waals surface area contributed by atoms with Crippen LogP contribution in [-0.2, 0) is 11.3 Å². The van der Waals surface area contributed by atoms with Crippen LogP contribution in [0.5, 0.6) is 0 Å². The molecule has 6 rings (SSSR count). The highest BCUT2D eigenvalue weighted by atomic mass is 19.1. The van der Waals surface area contributed by atoms with E-state index in [0.29, 0.717) is 23.8 Å². The summed E-state index contributed by atoms with van der Waals surface area (Å²) >= 11 is 0. The molecular formula is C22H26FN3O. The molecule has 1 saturated carbocycles. The lowest BCUT2D eigenvalue weighted by molar-refractivity contribution is -0.138. The minimum atomic E-state index is -0.224. The lowest BCUT2D eigenvalue weighted by atomic mass is 9.84. The van der Waals surface area contributed by atoms with Crippen LogP contribution < -0.4 is 0 Å². The summed E-state index contributed by atoms with van der Waals surface area (Å²) in [4.78, 5) is 22.2. The average Bonchev–Trinajstić information content (AvgIpc) is 2.92. The molecule has 2 bridgehead atoms. The Balaban J connectivity index is 1.32. The van der Waals surface area contributed by atoms with E-state index in [1.807, 2.05) is 12.1 Å². The first kappa shape index (κ1) is 17.1. The number of pyridine rings is 1. The number of amides is 1. The van der Waals surface area contributed by atoms with Crippen molar-refractivity contribution < 1.29 is 9.18 Å². The van der Waals surface area contributed by atoms with Crippen LogP contribution in [0.4, 0.5) is 4.39 Å². The molecule has 142 valence electrons. The smallest absolute Gasteiger partial charge is 0.225 e. The highest BCUT2D eigenvalue weighted by Gasteiger charge is 2.39. The molecule has 4 nitrogen and oxygen atoms in total. The Hall–Kier alpha value is -2.01. The van der Waals surface area contributed by atoms with Gasteiger partial charge in [0.25, 0.3) is 0 Å². The third-order valence-electron chi connectivity index (χ3n) is 6.67. The maximum atomic E-state index is 13.4. The van der Waals surface area contributed by atoms with E-state index in [1.54, 1.807) is 6.07 Å². The van der Waals surface area contributed by atoms with Crippen LogP contribution >= 0.6 is 0 Å². The number of aromatic nitrogens is 1. The van der Waals surface area contributed by atoms with Crippen molar-refractivity contribution in [2.45, 2.75) is 44.7 Å². The average molecular weight is 367 g/mol. The molecule has 0 unspecified atom stereocenters. The van der Waals surface area contributed by atoms with Crippen molar-refractivity contribution in [1.82, 2.24) is 14.8 Å². The molecule has 4 aliphatic rings. The number of benzene rings is 1. The van der Waals surface area contributed by atoms with Gasteiger partial charge in [-0.15, -0.1) is 0 Å². The van der Waals surface area contributed by atoms with Gasteiger partial charge < -0.3 is 4.90 Å². The van der Waals surface area contributed by atoms with E-state index in [2.05, 4.69) is 9.80 Å². The van der Waals surface area contributed by atoms with Crippen molar-refractivity contribution in [2.75, 3.05) is 19.6 Å². The Labute approximate surface area is 159 Å². The van der Waals surface area contributed by atoms with Gasteiger partial charge in [-0.2, -0.15) is 0 Å². The lowest BCUT2D eigenvalue weighted by Crippen LogP contribution is -2.45. The Kier molecular flexibility index (Phi) is 4.35. The summed E-state index contributed by atoms with van der Waals surface area (Å²) in [5.74, 6) is 1.03. The first-order valence-corrected chi connectivity index (χ1v) is 10.2. The first-order chi connectivity index (χ1) is 13.2. The maximum absolute atomic E-state index is 13.4. The Morgan fingerprint density at radius 1 is 1.07 bits per heavy atom. The number of carbonyl (C=O) groups excluding carboxylic acids is 1. The molecule has 2 aromatic rings. The lowest BCUT2D eigenvalue weighted by Gasteiger charge is -2.36. The zero-order valence-corrected chi connectivity index (χ0v) is 15.6. The normalized spacial score (nSPS) is 26.2. The molecule has 1 aromatic carbocycles. The van der Waals surface area contributed by atoms with Crippen LogP contribution in [-0.4, -0.2) is 46.4 Å². The molecule has 4 fully saturated rings. The van der Waals surface area contributed by atoms with Crippen molar-refractivity contribution in [3.63, 3.8) is 0 Å². The Bertz CT molecular complexity index is 866. The molecule has 1 aromatic heterocycles. The number of carbonyl (C=O) groups is 1. The van der Waals surface area contributed by atoms with E-state index < -0.39 is 0 Å². The van der Waals surface area contributed by atoms with Crippen LogP contribution in [0.3, 0.4) is 0 Å². The van der Waals surface area contributed by atoms with Gasteiger partial charge in [0.2, 0.25) is 5.91 Å². The van der Waals surface area contributed by atoms with Gasteiger partial charge >= 0.3 is 0 Å². The molecule has 0 spiro atoms. The van der Waals surface area contributed by atoms with E-state index in [0.717, 1.165) is 62.0 Å². The molecule has 5 heteroatoms.